The minimum atomic E-state index is -4.64. The number of esters is 1. The largest absolute Gasteiger partial charge is 0.478 e. The van der Waals surface area contributed by atoms with Gasteiger partial charge in [0.25, 0.3) is 0 Å². The van der Waals surface area contributed by atoms with E-state index in [0.29, 0.717) is 0 Å². The van der Waals surface area contributed by atoms with E-state index in [2.05, 4.69) is 24.5 Å². The standard InChI is InChI=1S/C5H8O3.2C3H4O2.H3O4P/c1-3-5(7)8-4(2)6;2*1-2-3(4)5;1-5(2,3)4/h3-4,6H,1H2,2H3;2*2H,1H2,(H,4,5);(H3,1,2,3,4). The lowest BCUT2D eigenvalue weighted by molar-refractivity contribution is -0.158. The second kappa shape index (κ2) is 17.8. The van der Waals surface area contributed by atoms with Crippen LogP contribution in [0, 0.1) is 0 Å². The highest BCUT2D eigenvalue weighted by Crippen LogP contribution is 2.25. The fourth-order valence-electron chi connectivity index (χ4n) is 0.216. The molecular weight excluding hydrogens is 339 g/mol. The van der Waals surface area contributed by atoms with Gasteiger partial charge in [-0.1, -0.05) is 19.7 Å². The summed E-state index contributed by atoms with van der Waals surface area (Å²) in [7, 11) is -4.64. The first-order valence-corrected chi connectivity index (χ1v) is 6.77. The first-order chi connectivity index (χ1) is 10.2. The van der Waals surface area contributed by atoms with Crippen LogP contribution < -0.4 is 0 Å². The maximum Gasteiger partial charge on any atom is 0.466 e. The zero-order valence-electron chi connectivity index (χ0n) is 12.1. The summed E-state index contributed by atoms with van der Waals surface area (Å²) in [6, 6.07) is 0. The molecule has 134 valence electrons. The molecule has 0 amide bonds. The summed E-state index contributed by atoms with van der Waals surface area (Å²) in [5.74, 6) is -2.57. The molecule has 12 heteroatoms. The van der Waals surface area contributed by atoms with E-state index in [9.17, 15) is 14.4 Å². The normalized spacial score (nSPS) is 9.61. The monoisotopic (exact) mass is 358 g/mol. The van der Waals surface area contributed by atoms with Gasteiger partial charge in [-0.05, 0) is 6.92 Å². The van der Waals surface area contributed by atoms with Crippen molar-refractivity contribution in [2.75, 3.05) is 0 Å². The SMILES string of the molecule is C=CC(=O)O.C=CC(=O)O.C=CC(=O)OC(C)O.O=P(O)(O)O. The van der Waals surface area contributed by atoms with Gasteiger partial charge in [0.1, 0.15) is 0 Å². The molecule has 0 fully saturated rings. The summed E-state index contributed by atoms with van der Waals surface area (Å²) in [6.07, 6.45) is 1.62. The number of carboxylic acid groups (broad SMARTS) is 2. The third-order valence-electron chi connectivity index (χ3n) is 0.803. The first kappa shape index (κ1) is 28.8. The minimum Gasteiger partial charge on any atom is -0.478 e. The van der Waals surface area contributed by atoms with Gasteiger partial charge in [-0.15, -0.1) is 0 Å². The molecule has 0 saturated heterocycles. The number of hydrogen-bond donors (Lipinski definition) is 6. The molecule has 0 aromatic carbocycles. The Hall–Kier alpha value is -2.30. The van der Waals surface area contributed by atoms with Gasteiger partial charge in [0, 0.05) is 18.2 Å². The van der Waals surface area contributed by atoms with Crippen molar-refractivity contribution in [2.24, 2.45) is 0 Å². The number of phosphoric acid groups is 1. The lowest BCUT2D eigenvalue weighted by Gasteiger charge is -2.01. The Morgan fingerprint density at radius 1 is 0.957 bits per heavy atom. The van der Waals surface area contributed by atoms with Gasteiger partial charge in [-0.25, -0.2) is 18.9 Å². The fourth-order valence-corrected chi connectivity index (χ4v) is 0.216. The smallest absolute Gasteiger partial charge is 0.466 e. The van der Waals surface area contributed by atoms with E-state index in [-0.39, 0.29) is 0 Å². The Labute approximate surface area is 131 Å². The molecule has 0 aliphatic rings. The average Bonchev–Trinajstić information content (AvgIpc) is 2.37. The minimum absolute atomic E-state index is 0.611. The average molecular weight is 358 g/mol. The van der Waals surface area contributed by atoms with E-state index < -0.39 is 32.0 Å². The highest BCUT2D eigenvalue weighted by atomic mass is 31.2. The topological polar surface area (TPSA) is 199 Å². The van der Waals surface area contributed by atoms with Crippen LogP contribution in [0.3, 0.4) is 0 Å². The van der Waals surface area contributed by atoms with E-state index in [1.165, 1.54) is 6.92 Å². The van der Waals surface area contributed by atoms with Gasteiger partial charge in [-0.3, -0.25) is 0 Å². The zero-order chi connectivity index (χ0) is 19.6. The van der Waals surface area contributed by atoms with Crippen molar-refractivity contribution < 1.29 is 53.7 Å². The Morgan fingerprint density at radius 3 is 1.22 bits per heavy atom. The Kier molecular flexibility index (Phi) is 22.2. The predicted molar refractivity (Wildman–Crippen MR) is 77.9 cm³/mol. The van der Waals surface area contributed by atoms with Gasteiger partial charge in [0.2, 0.25) is 0 Å². The van der Waals surface area contributed by atoms with Crippen molar-refractivity contribution in [1.29, 1.82) is 0 Å². The number of aliphatic hydroxyl groups excluding tert-OH is 1. The number of rotatable bonds is 4. The van der Waals surface area contributed by atoms with E-state index in [4.69, 9.17) is 34.6 Å². The van der Waals surface area contributed by atoms with Crippen LogP contribution in [0.1, 0.15) is 6.92 Å². The molecule has 0 aliphatic carbocycles. The highest BCUT2D eigenvalue weighted by molar-refractivity contribution is 7.45. The Balaban J connectivity index is -0.000000108. The van der Waals surface area contributed by atoms with Crippen molar-refractivity contribution in [3.05, 3.63) is 38.0 Å². The van der Waals surface area contributed by atoms with Gasteiger partial charge in [0.15, 0.2) is 6.29 Å². The molecule has 0 aromatic heterocycles. The number of ether oxygens (including phenoxy) is 1. The lowest BCUT2D eigenvalue weighted by Crippen LogP contribution is -2.10. The Bertz CT molecular complexity index is 409. The molecule has 0 bridgehead atoms. The van der Waals surface area contributed by atoms with Crippen LogP contribution in [-0.4, -0.2) is 54.2 Å². The maximum absolute atomic E-state index is 10.1. The van der Waals surface area contributed by atoms with Gasteiger partial charge in [-0.2, -0.15) is 0 Å². The van der Waals surface area contributed by atoms with Gasteiger partial charge in [0.05, 0.1) is 0 Å². The molecule has 0 saturated carbocycles. The van der Waals surface area contributed by atoms with E-state index >= 15 is 0 Å². The third kappa shape index (κ3) is 104. The molecule has 0 aromatic rings. The third-order valence-corrected chi connectivity index (χ3v) is 0.803. The molecule has 1 unspecified atom stereocenters. The zero-order valence-corrected chi connectivity index (χ0v) is 13.0. The molecule has 0 aliphatic heterocycles. The molecule has 1 atom stereocenters. The summed E-state index contributed by atoms with van der Waals surface area (Å²) in [5, 5.41) is 23.6. The van der Waals surface area contributed by atoms with Crippen LogP contribution in [0.2, 0.25) is 0 Å². The molecule has 6 N–H and O–H groups in total. The van der Waals surface area contributed by atoms with Crippen LogP contribution >= 0.6 is 7.82 Å². The molecule has 0 radical (unpaired) electrons. The van der Waals surface area contributed by atoms with Gasteiger partial charge < -0.3 is 34.7 Å². The number of aliphatic carboxylic acids is 2. The number of hydrogen-bond acceptors (Lipinski definition) is 6. The van der Waals surface area contributed by atoms with E-state index in [1.54, 1.807) is 0 Å². The molecule has 23 heavy (non-hydrogen) atoms. The van der Waals surface area contributed by atoms with Crippen LogP contribution in [0.4, 0.5) is 0 Å². The number of carboxylic acids is 2. The van der Waals surface area contributed by atoms with Crippen LogP contribution in [0.25, 0.3) is 0 Å². The second-order valence-corrected chi connectivity index (χ2v) is 3.86. The second-order valence-electron chi connectivity index (χ2n) is 2.84. The molecule has 0 spiro atoms. The van der Waals surface area contributed by atoms with Crippen LogP contribution in [0.5, 0.6) is 0 Å². The number of carbonyl (C=O) groups is 3. The van der Waals surface area contributed by atoms with Crippen molar-refractivity contribution >= 4 is 25.7 Å². The van der Waals surface area contributed by atoms with E-state index in [0.717, 1.165) is 18.2 Å². The maximum atomic E-state index is 10.1. The summed E-state index contributed by atoms with van der Waals surface area (Å²) < 4.78 is 13.1. The highest BCUT2D eigenvalue weighted by Gasteiger charge is 2.00. The van der Waals surface area contributed by atoms with Crippen molar-refractivity contribution in [3.8, 4) is 0 Å². The Morgan fingerprint density at radius 2 is 1.17 bits per heavy atom. The molecular formula is C11H19O11P. The van der Waals surface area contributed by atoms with Crippen LogP contribution in [-0.2, 0) is 23.7 Å². The van der Waals surface area contributed by atoms with Crippen LogP contribution in [0.15, 0.2) is 38.0 Å². The van der Waals surface area contributed by atoms with Gasteiger partial charge >= 0.3 is 25.7 Å². The molecule has 0 heterocycles. The lowest BCUT2D eigenvalue weighted by atomic mass is 10.6. The fraction of sp³-hybridized carbons (Fsp3) is 0.182. The van der Waals surface area contributed by atoms with Crippen molar-refractivity contribution in [1.82, 2.24) is 0 Å². The molecule has 0 rings (SSSR count). The number of carbonyl (C=O) groups excluding carboxylic acids is 1. The summed E-state index contributed by atoms with van der Waals surface area (Å²) in [4.78, 5) is 50.2. The number of aliphatic hydroxyl groups is 1. The van der Waals surface area contributed by atoms with Crippen molar-refractivity contribution in [2.45, 2.75) is 13.2 Å². The van der Waals surface area contributed by atoms with E-state index in [1.807, 2.05) is 0 Å². The summed E-state index contributed by atoms with van der Waals surface area (Å²) >= 11 is 0. The summed E-state index contributed by atoms with van der Waals surface area (Å²) in [6.45, 7) is 10.4. The first-order valence-electron chi connectivity index (χ1n) is 5.21. The van der Waals surface area contributed by atoms with Crippen molar-refractivity contribution in [3.63, 3.8) is 0 Å². The molecule has 11 nitrogen and oxygen atoms in total. The summed E-state index contributed by atoms with van der Waals surface area (Å²) in [5.41, 5.74) is 0. The predicted octanol–water partition coefficient (Wildman–Crippen LogP) is -0.361. The quantitative estimate of drug-likeness (QED) is 0.166.